The molecule has 2 N–H and O–H groups in total. The highest BCUT2D eigenvalue weighted by Gasteiger charge is 2.77. The summed E-state index contributed by atoms with van der Waals surface area (Å²) >= 11 is 14.1. The second kappa shape index (κ2) is 10.8. The molecule has 4 aliphatic rings. The monoisotopic (exact) mass is 720 g/mol. The molecule has 9 nitrogen and oxygen atoms in total. The number of alkyl halides is 2. The lowest BCUT2D eigenvalue weighted by atomic mass is 9.56. The Morgan fingerprint density at radius 2 is 1.41 bits per heavy atom. The van der Waals surface area contributed by atoms with Crippen LogP contribution in [0.4, 0.5) is 33.3 Å². The summed E-state index contributed by atoms with van der Waals surface area (Å²) in [5, 5.41) is 19.4. The maximum absolute atomic E-state index is 15.1. The third-order valence-electron chi connectivity index (χ3n) is 9.80. The van der Waals surface area contributed by atoms with E-state index in [-0.39, 0.29) is 39.5 Å². The number of hydrogen-bond donors (Lipinski definition) is 2. The van der Waals surface area contributed by atoms with Gasteiger partial charge in [-0.05, 0) is 54.7 Å². The number of nitrogens with zero attached hydrogens (tertiary/aromatic N) is 2. The van der Waals surface area contributed by atoms with Gasteiger partial charge < -0.3 is 10.2 Å². The molecule has 1 saturated carbocycles. The van der Waals surface area contributed by atoms with Crippen LogP contribution in [-0.2, 0) is 19.2 Å². The minimum Gasteiger partial charge on any atom is -0.508 e. The highest BCUT2D eigenvalue weighted by molar-refractivity contribution is 6.58. The Morgan fingerprint density at radius 3 is 2.02 bits per heavy atom. The van der Waals surface area contributed by atoms with Crippen LogP contribution in [0.3, 0.4) is 0 Å². The van der Waals surface area contributed by atoms with Crippen molar-refractivity contribution in [3.05, 3.63) is 100 Å². The number of halogens is 7. The number of aromatic carboxylic acids is 1. The summed E-state index contributed by atoms with van der Waals surface area (Å²) in [6, 6.07) is 10.1. The number of imide groups is 2. The van der Waals surface area contributed by atoms with Gasteiger partial charge in [0, 0.05) is 5.92 Å². The number of carboxylic acids is 1. The zero-order valence-electron chi connectivity index (χ0n) is 24.4. The summed E-state index contributed by atoms with van der Waals surface area (Å²) in [6.45, 7) is 0. The van der Waals surface area contributed by atoms with Crippen molar-refractivity contribution in [2.24, 2.45) is 17.8 Å². The van der Waals surface area contributed by atoms with E-state index < -0.39 is 104 Å². The predicted octanol–water partition coefficient (Wildman–Crippen LogP) is 5.55. The summed E-state index contributed by atoms with van der Waals surface area (Å²) < 4.78 is 72.9. The summed E-state index contributed by atoms with van der Waals surface area (Å²) in [7, 11) is 0. The Morgan fingerprint density at radius 1 is 0.796 bits per heavy atom. The number of aromatic hydroxyl groups is 1. The van der Waals surface area contributed by atoms with E-state index in [1.54, 1.807) is 0 Å². The van der Waals surface area contributed by atoms with Gasteiger partial charge in [0.05, 0.1) is 23.1 Å². The van der Waals surface area contributed by atoms with E-state index >= 15 is 8.78 Å². The number of rotatable bonds is 4. The first-order chi connectivity index (χ1) is 23.1. The number of hydrogen-bond acceptors (Lipinski definition) is 6. The molecule has 7 rings (SSSR count). The summed E-state index contributed by atoms with van der Waals surface area (Å²) in [4.78, 5) is 63.0. The second-order valence-corrected chi connectivity index (χ2v) is 13.4. The summed E-state index contributed by atoms with van der Waals surface area (Å²) in [6.07, 6.45) is 0.722. The van der Waals surface area contributed by atoms with Crippen LogP contribution in [0.15, 0.2) is 60.2 Å². The van der Waals surface area contributed by atoms with Crippen LogP contribution in [0.2, 0.25) is 0 Å². The van der Waals surface area contributed by atoms with Gasteiger partial charge in [-0.3, -0.25) is 24.1 Å². The molecule has 0 spiro atoms. The molecule has 0 unspecified atom stereocenters. The molecule has 252 valence electrons. The number of amides is 4. The van der Waals surface area contributed by atoms with Crippen molar-refractivity contribution in [2.45, 2.75) is 28.5 Å². The van der Waals surface area contributed by atoms with E-state index in [1.165, 1.54) is 48.5 Å². The molecule has 3 fully saturated rings. The second-order valence-electron chi connectivity index (χ2n) is 12.2. The van der Waals surface area contributed by atoms with Gasteiger partial charge in [-0.1, -0.05) is 29.8 Å². The van der Waals surface area contributed by atoms with Crippen LogP contribution in [0, 0.1) is 46.8 Å². The van der Waals surface area contributed by atoms with E-state index in [4.69, 9.17) is 23.2 Å². The third-order valence-corrected chi connectivity index (χ3v) is 11.2. The lowest BCUT2D eigenvalue weighted by Crippen LogP contribution is -2.60. The average Bonchev–Trinajstić information content (AvgIpc) is 3.41. The number of carbonyl (C=O) groups is 5. The van der Waals surface area contributed by atoms with Crippen LogP contribution >= 0.6 is 23.2 Å². The Balaban J connectivity index is 1.41. The normalized spacial score (nSPS) is 29.2. The van der Waals surface area contributed by atoms with Gasteiger partial charge in [0.25, 0.3) is 11.8 Å². The van der Waals surface area contributed by atoms with Crippen molar-refractivity contribution < 1.29 is 56.1 Å². The molecule has 3 aromatic rings. The minimum atomic E-state index is -2.70. The molecular formula is C33H19Cl2F5N2O7. The molecule has 6 atom stereocenters. The Hall–Kier alpha value is -4.82. The smallest absolute Gasteiger partial charge is 0.335 e. The summed E-state index contributed by atoms with van der Waals surface area (Å²) in [5.41, 5.74) is -1.81. The third kappa shape index (κ3) is 4.19. The van der Waals surface area contributed by atoms with Crippen molar-refractivity contribution >= 4 is 64.2 Å². The topological polar surface area (TPSA) is 132 Å². The van der Waals surface area contributed by atoms with E-state index in [0.29, 0.717) is 0 Å². The maximum atomic E-state index is 15.1. The number of allylic oxidation sites excluding steroid dienone is 2. The van der Waals surface area contributed by atoms with Crippen molar-refractivity contribution in [1.82, 2.24) is 0 Å². The van der Waals surface area contributed by atoms with Gasteiger partial charge in [0.15, 0.2) is 33.0 Å². The van der Waals surface area contributed by atoms with E-state index in [9.17, 15) is 47.4 Å². The van der Waals surface area contributed by atoms with Crippen LogP contribution in [0.5, 0.6) is 5.75 Å². The largest absolute Gasteiger partial charge is 0.508 e. The van der Waals surface area contributed by atoms with Gasteiger partial charge in [-0.15, -0.1) is 23.2 Å². The molecular weight excluding hydrogens is 702 g/mol. The Kier molecular flexibility index (Phi) is 7.24. The van der Waals surface area contributed by atoms with Crippen LogP contribution in [0.25, 0.3) is 0 Å². The van der Waals surface area contributed by atoms with Crippen molar-refractivity contribution in [3.63, 3.8) is 0 Å². The van der Waals surface area contributed by atoms with Crippen molar-refractivity contribution in [3.8, 4) is 5.75 Å². The Labute approximate surface area is 282 Å². The fraction of sp³-hybridized carbons (Fsp3) is 0.242. The average molecular weight is 721 g/mol. The highest BCUT2D eigenvalue weighted by atomic mass is 35.5. The van der Waals surface area contributed by atoms with Gasteiger partial charge >= 0.3 is 5.97 Å². The fourth-order valence-electron chi connectivity index (χ4n) is 7.64. The van der Waals surface area contributed by atoms with Gasteiger partial charge in [-0.2, -0.15) is 0 Å². The number of anilines is 2. The van der Waals surface area contributed by atoms with Crippen molar-refractivity contribution in [1.29, 1.82) is 0 Å². The molecule has 2 aliphatic heterocycles. The van der Waals surface area contributed by atoms with E-state index in [1.807, 2.05) is 0 Å². The molecule has 2 heterocycles. The first-order valence-corrected chi connectivity index (χ1v) is 15.3. The molecule has 49 heavy (non-hydrogen) atoms. The van der Waals surface area contributed by atoms with Gasteiger partial charge in [-0.25, -0.2) is 31.6 Å². The molecule has 2 aliphatic carbocycles. The SMILES string of the molecule is O=C(O)c1cccc(N2C(=O)[C@H]3[C@H](CC=C4[C@H]3C[C@@]3(Cl)C(=O)N(c5c(F)c(F)c(F)c(F)c5F)C(=O)[C@@]3(Cl)[C@H]4c3ccc(O)cc3)C2=O)c1. The minimum absolute atomic E-state index is 0.0476. The fourth-order valence-corrected chi connectivity index (χ4v) is 8.58. The molecule has 16 heteroatoms. The van der Waals surface area contributed by atoms with Crippen LogP contribution in [0.1, 0.15) is 34.7 Å². The van der Waals surface area contributed by atoms with Crippen molar-refractivity contribution in [2.75, 3.05) is 9.80 Å². The van der Waals surface area contributed by atoms with E-state index in [0.717, 1.165) is 11.0 Å². The number of phenolic OH excluding ortho intramolecular Hbond substituents is 1. The predicted molar refractivity (Wildman–Crippen MR) is 160 cm³/mol. The van der Waals surface area contributed by atoms with Gasteiger partial charge in [0.1, 0.15) is 11.4 Å². The molecule has 4 amide bonds. The Bertz CT molecular complexity index is 2070. The number of benzene rings is 3. The number of carbonyl (C=O) groups excluding carboxylic acids is 4. The standard InChI is InChI=1S/C33H19Cl2F5N2O7/c34-32-11-18-16(8-9-17-19(18)28(45)41(27(17)44)14-3-1-2-13(10-14)29(46)47)20(12-4-6-15(43)7-5-12)33(32,35)31(49)42(30(32)48)26-24(39)22(37)21(36)23(38)25(26)40/h1-8,10,17-20,43H,9,11H2,(H,46,47)/t17-,18+,19-,20-,32+,33-/m0/s1. The van der Waals surface area contributed by atoms with Gasteiger partial charge in [0.2, 0.25) is 17.6 Å². The van der Waals surface area contributed by atoms with Crippen LogP contribution in [-0.4, -0.2) is 49.6 Å². The molecule has 0 bridgehead atoms. The number of carboxylic acid groups (broad SMARTS) is 1. The first kappa shape index (κ1) is 32.7. The highest BCUT2D eigenvalue weighted by Crippen LogP contribution is 2.66. The molecule has 3 aromatic carbocycles. The first-order valence-electron chi connectivity index (χ1n) is 14.5. The number of phenols is 1. The number of fused-ring (bicyclic) bond motifs is 4. The molecule has 2 saturated heterocycles. The maximum Gasteiger partial charge on any atom is 0.335 e. The lowest BCUT2D eigenvalue weighted by Gasteiger charge is -2.50. The van der Waals surface area contributed by atoms with Crippen LogP contribution < -0.4 is 9.80 Å². The lowest BCUT2D eigenvalue weighted by molar-refractivity contribution is -0.125. The zero-order chi connectivity index (χ0) is 35.5. The summed E-state index contributed by atoms with van der Waals surface area (Å²) in [5.74, 6) is -23.7. The molecule has 0 aromatic heterocycles. The quantitative estimate of drug-likeness (QED) is 0.0902. The molecule has 0 radical (unpaired) electrons. The zero-order valence-corrected chi connectivity index (χ0v) is 25.9. The van der Waals surface area contributed by atoms with E-state index in [2.05, 4.69) is 0 Å².